The number of ether oxygens (including phenoxy) is 5. The van der Waals surface area contributed by atoms with Gasteiger partial charge in [-0.05, 0) is 30.9 Å². The van der Waals surface area contributed by atoms with Gasteiger partial charge >= 0.3 is 35.5 Å². The molecule has 23 heteroatoms. The van der Waals surface area contributed by atoms with E-state index in [4.69, 9.17) is 38.7 Å². The minimum absolute atomic E-state index is 0. The summed E-state index contributed by atoms with van der Waals surface area (Å²) >= 11 is 0. The van der Waals surface area contributed by atoms with E-state index in [0.717, 1.165) is 24.3 Å². The third kappa shape index (κ3) is 8.93. The van der Waals surface area contributed by atoms with E-state index >= 15 is 0 Å². The molecule has 56 heavy (non-hydrogen) atoms. The van der Waals surface area contributed by atoms with Crippen LogP contribution in [-0.2, 0) is 23.7 Å². The zero-order valence-corrected chi connectivity index (χ0v) is 31.2. The fourth-order valence-corrected chi connectivity index (χ4v) is 5.65. The van der Waals surface area contributed by atoms with E-state index in [2.05, 4.69) is 4.74 Å². The number of esters is 1. The smallest absolute Gasteiger partial charge is 0.870 e. The Morgan fingerprint density at radius 3 is 2.05 bits per heavy atom. The molecule has 6 rings (SSSR count). The van der Waals surface area contributed by atoms with E-state index in [1.807, 2.05) is 0 Å². The van der Waals surface area contributed by atoms with Crippen molar-refractivity contribution >= 4 is 16.9 Å². The van der Waals surface area contributed by atoms with E-state index in [9.17, 15) is 65.8 Å². The normalized spacial score (nSPS) is 30.9. The molecule has 0 unspecified atom stereocenters. The van der Waals surface area contributed by atoms with Gasteiger partial charge in [0.15, 0.2) is 29.3 Å². The van der Waals surface area contributed by atoms with Crippen LogP contribution in [0.4, 0.5) is 0 Å². The van der Waals surface area contributed by atoms with Crippen LogP contribution in [0, 0.1) is 0 Å². The SMILES string of the molecule is C[C@@H]1O[C@@H](OC[C@H]2O[C@@H](Oc3c(-c4ccc(O)c(O)c4)oc4cc(O)cc(O)c4c3=O)[C@H](O)[C@@H](O)[C@@H]2O)[C@H](O)[C@H](O)[C@H]1O.O=C1O[C@H]([C@@H](O)CO)C([O-])=C1O.[Na+]. The molecular formula is C33H37NaO22. The number of cyclic esters (lactones) is 1. The second kappa shape index (κ2) is 18.1. The second-order valence-corrected chi connectivity index (χ2v) is 12.6. The van der Waals surface area contributed by atoms with E-state index in [0.29, 0.717) is 0 Å². The number of hydrogen-bond acceptors (Lipinski definition) is 22. The molecular weight excluding hydrogens is 771 g/mol. The number of phenols is 4. The number of rotatable bonds is 8. The van der Waals surface area contributed by atoms with Gasteiger partial charge in [0.1, 0.15) is 77.4 Å². The van der Waals surface area contributed by atoms with Crippen LogP contribution in [0.3, 0.4) is 0 Å². The topological polar surface area (TPSA) is 379 Å². The molecule has 0 aliphatic carbocycles. The number of benzene rings is 2. The van der Waals surface area contributed by atoms with Crippen LogP contribution < -0.4 is 44.8 Å². The molecule has 3 aromatic rings. The molecule has 0 spiro atoms. The predicted octanol–water partition coefficient (Wildman–Crippen LogP) is -7.29. The Morgan fingerprint density at radius 2 is 1.45 bits per heavy atom. The first-order valence-electron chi connectivity index (χ1n) is 16.2. The summed E-state index contributed by atoms with van der Waals surface area (Å²) in [5, 5.41) is 138. The predicted molar refractivity (Wildman–Crippen MR) is 173 cm³/mol. The van der Waals surface area contributed by atoms with Gasteiger partial charge in [-0.2, -0.15) is 0 Å². The maximum absolute atomic E-state index is 13.6. The molecule has 2 aromatic carbocycles. The van der Waals surface area contributed by atoms with Gasteiger partial charge in [0.2, 0.25) is 17.5 Å². The Morgan fingerprint density at radius 1 is 0.804 bits per heavy atom. The Bertz CT molecular complexity index is 1970. The molecule has 4 heterocycles. The zero-order valence-electron chi connectivity index (χ0n) is 29.2. The van der Waals surface area contributed by atoms with Crippen LogP contribution in [0.15, 0.2) is 51.1 Å². The van der Waals surface area contributed by atoms with Gasteiger partial charge < -0.3 is 99.6 Å². The van der Waals surface area contributed by atoms with Crippen molar-refractivity contribution in [1.82, 2.24) is 0 Å². The van der Waals surface area contributed by atoms with Crippen molar-refractivity contribution in [3.05, 3.63) is 52.1 Å². The Balaban J connectivity index is 0.000000459. The fraction of sp³-hybridized carbons (Fsp3) is 0.455. The monoisotopic (exact) mass is 808 g/mol. The quantitative estimate of drug-likeness (QED) is 0.0571. The number of aliphatic hydroxyl groups is 9. The third-order valence-corrected chi connectivity index (χ3v) is 8.75. The minimum atomic E-state index is -1.97. The van der Waals surface area contributed by atoms with Crippen LogP contribution in [-0.4, -0.2) is 159 Å². The summed E-state index contributed by atoms with van der Waals surface area (Å²) in [5.41, 5.74) is -1.35. The summed E-state index contributed by atoms with van der Waals surface area (Å²) in [5.74, 6) is -6.53. The van der Waals surface area contributed by atoms with Crippen molar-refractivity contribution < 1.29 is 134 Å². The van der Waals surface area contributed by atoms with Crippen LogP contribution >= 0.6 is 0 Å². The van der Waals surface area contributed by atoms with Crippen molar-refractivity contribution in [2.75, 3.05) is 13.2 Å². The number of aliphatic hydroxyl groups excluding tert-OH is 9. The average molecular weight is 809 g/mol. The molecule has 1 aromatic heterocycles. The molecule has 0 saturated carbocycles. The molecule has 2 saturated heterocycles. The summed E-state index contributed by atoms with van der Waals surface area (Å²) in [6.45, 7) is 0.107. The molecule has 12 atom stereocenters. The Labute approximate surface area is 335 Å². The fourth-order valence-electron chi connectivity index (χ4n) is 5.65. The molecule has 0 bridgehead atoms. The number of carbonyl (C=O) groups excluding carboxylic acids is 1. The number of fused-ring (bicyclic) bond motifs is 1. The van der Waals surface area contributed by atoms with E-state index in [1.165, 1.54) is 13.0 Å². The number of phenolic OH excluding ortho intramolecular Hbond substituents is 4. The molecule has 302 valence electrons. The average Bonchev–Trinajstić information content (AvgIpc) is 3.40. The second-order valence-electron chi connectivity index (χ2n) is 12.6. The third-order valence-electron chi connectivity index (χ3n) is 8.75. The van der Waals surface area contributed by atoms with E-state index in [-0.39, 0.29) is 40.7 Å². The summed E-state index contributed by atoms with van der Waals surface area (Å²) in [6, 6.07) is 5.24. The first-order valence-corrected chi connectivity index (χ1v) is 16.2. The van der Waals surface area contributed by atoms with Gasteiger partial charge in [0.05, 0.1) is 19.3 Å². The summed E-state index contributed by atoms with van der Waals surface area (Å²) < 4.78 is 32.1. The molecule has 3 aliphatic rings. The number of hydrogen-bond donors (Lipinski definition) is 13. The summed E-state index contributed by atoms with van der Waals surface area (Å²) in [6.07, 6.45) is -19.1. The Kier molecular flexibility index (Phi) is 14.4. The molecule has 22 nitrogen and oxygen atoms in total. The molecule has 3 aliphatic heterocycles. The van der Waals surface area contributed by atoms with Crippen molar-refractivity contribution in [3.63, 3.8) is 0 Å². The molecule has 13 N–H and O–H groups in total. The van der Waals surface area contributed by atoms with Crippen molar-refractivity contribution in [2.45, 2.75) is 80.5 Å². The van der Waals surface area contributed by atoms with Crippen LogP contribution in [0.5, 0.6) is 28.7 Å². The van der Waals surface area contributed by atoms with Crippen molar-refractivity contribution in [3.8, 4) is 40.1 Å². The minimum Gasteiger partial charge on any atom is -0.870 e. The van der Waals surface area contributed by atoms with Gasteiger partial charge in [-0.1, -0.05) is 0 Å². The van der Waals surface area contributed by atoms with Crippen molar-refractivity contribution in [1.29, 1.82) is 0 Å². The maximum Gasteiger partial charge on any atom is 1.00 e. The standard InChI is InChI=1S/C27H30O16.C6H8O6.Na/c1-8-17(32)20(35)22(37)26(40-8)39-7-15-18(33)21(36)23(38)27(42-15)43-25-19(34)16-13(31)5-10(28)6-14(16)41-24(25)9-2-3-11(29)12(30)4-9;7-1-2(8)5-3(9)4(10)6(11)12-5;/h2-6,8,15,17-18,20-23,26-33,35-38H,7H2,1H3;2,5,7-10H,1H2;/q;;+1/p-1/t8-,15+,17-,18+,20+,21-,22+,23+,26+,27-;2-,5+;/m00./s1. The molecule has 0 radical (unpaired) electrons. The zero-order chi connectivity index (χ0) is 40.6. The number of carbonyl (C=O) groups is 1. The van der Waals surface area contributed by atoms with Gasteiger partial charge in [0.25, 0.3) is 0 Å². The van der Waals surface area contributed by atoms with Gasteiger partial charge in [-0.15, -0.1) is 0 Å². The molecule has 2 fully saturated rings. The largest absolute Gasteiger partial charge is 1.00 e. The first kappa shape index (κ1) is 44.7. The van der Waals surface area contributed by atoms with E-state index in [1.54, 1.807) is 0 Å². The van der Waals surface area contributed by atoms with Crippen LogP contribution in [0.25, 0.3) is 22.3 Å². The molecule has 0 amide bonds. The summed E-state index contributed by atoms with van der Waals surface area (Å²) in [7, 11) is 0. The summed E-state index contributed by atoms with van der Waals surface area (Å²) in [4.78, 5) is 24.1. The van der Waals surface area contributed by atoms with Crippen molar-refractivity contribution in [2.24, 2.45) is 0 Å². The first-order chi connectivity index (χ1) is 25.9. The number of aromatic hydroxyl groups is 4. The van der Waals surface area contributed by atoms with Crippen LogP contribution in [0.2, 0.25) is 0 Å². The maximum atomic E-state index is 13.6. The van der Waals surface area contributed by atoms with Crippen LogP contribution in [0.1, 0.15) is 6.92 Å². The Hall–Kier alpha value is -3.98. The van der Waals surface area contributed by atoms with Gasteiger partial charge in [-0.25, -0.2) is 4.79 Å². The van der Waals surface area contributed by atoms with Gasteiger partial charge in [-0.3, -0.25) is 4.79 Å². The van der Waals surface area contributed by atoms with E-state index < -0.39 is 150 Å². The van der Waals surface area contributed by atoms with Gasteiger partial charge in [0, 0.05) is 17.7 Å².